The van der Waals surface area contributed by atoms with Crippen LogP contribution in [0.1, 0.15) is 132 Å². The zero-order valence-electron chi connectivity index (χ0n) is 39.1. The lowest BCUT2D eigenvalue weighted by Crippen LogP contribution is -2.53. The van der Waals surface area contributed by atoms with Gasteiger partial charge in [0.2, 0.25) is 11.8 Å². The zero-order valence-corrected chi connectivity index (χ0v) is 39.1. The van der Waals surface area contributed by atoms with E-state index in [0.717, 1.165) is 55.2 Å². The number of aliphatic hydroxyl groups is 1. The minimum atomic E-state index is -1.01. The Bertz CT molecular complexity index is 2070. The summed E-state index contributed by atoms with van der Waals surface area (Å²) < 4.78 is 25.4. The molecule has 3 aromatic carbocycles. The van der Waals surface area contributed by atoms with E-state index < -0.39 is 72.1 Å². The van der Waals surface area contributed by atoms with E-state index in [2.05, 4.69) is 19.2 Å². The minimum absolute atomic E-state index is 0.0149. The topological polar surface area (TPSA) is 161 Å². The second-order valence-electron chi connectivity index (χ2n) is 18.3. The van der Waals surface area contributed by atoms with Gasteiger partial charge >= 0.3 is 11.9 Å². The smallest absolute Gasteiger partial charge is 0.338 e. The summed E-state index contributed by atoms with van der Waals surface area (Å²) in [5, 5.41) is 23.3. The molecule has 12 heteroatoms. The van der Waals surface area contributed by atoms with Crippen molar-refractivity contribution >= 4 is 29.8 Å². The number of ether oxygens (including phenoxy) is 4. The maximum absolute atomic E-state index is 14.8. The maximum Gasteiger partial charge on any atom is 0.338 e. The summed E-state index contributed by atoms with van der Waals surface area (Å²) in [6, 6.07) is 21.8. The van der Waals surface area contributed by atoms with Gasteiger partial charge in [-0.15, -0.1) is 0 Å². The Hall–Kier alpha value is -5.30. The molecule has 3 N–H and O–H groups in total. The molecule has 3 aromatic rings. The highest BCUT2D eigenvalue weighted by molar-refractivity contribution is 5.97. The van der Waals surface area contributed by atoms with Crippen molar-refractivity contribution in [1.82, 2.24) is 10.2 Å². The Morgan fingerprint density at radius 2 is 1.57 bits per heavy atom. The van der Waals surface area contributed by atoms with E-state index >= 15 is 0 Å². The Kier molecular flexibility index (Phi) is 18.9. The molecule has 1 saturated heterocycles. The molecule has 5 atom stereocenters. The monoisotopic (exact) mass is 895 g/mol. The molecule has 352 valence electrons. The van der Waals surface area contributed by atoms with Crippen LogP contribution in [0.15, 0.2) is 96.6 Å². The number of hydrogen-bond acceptors (Lipinski definition) is 10. The van der Waals surface area contributed by atoms with Crippen LogP contribution < -0.4 is 5.32 Å². The van der Waals surface area contributed by atoms with E-state index in [-0.39, 0.29) is 31.4 Å². The molecule has 12 nitrogen and oxygen atoms in total. The normalized spacial score (nSPS) is 18.9. The molecule has 5 rings (SSSR count). The summed E-state index contributed by atoms with van der Waals surface area (Å²) in [5.41, 5.74) is 2.48. The van der Waals surface area contributed by atoms with E-state index in [0.29, 0.717) is 30.4 Å². The molecule has 0 spiro atoms. The van der Waals surface area contributed by atoms with Crippen molar-refractivity contribution in [2.75, 3.05) is 13.7 Å². The van der Waals surface area contributed by atoms with Gasteiger partial charge in [0.1, 0.15) is 35.7 Å². The van der Waals surface area contributed by atoms with Crippen LogP contribution in [0.2, 0.25) is 0 Å². The van der Waals surface area contributed by atoms with Crippen molar-refractivity contribution < 1.29 is 48.3 Å². The number of allylic oxidation sites excluding steroid dienone is 1. The number of benzene rings is 3. The van der Waals surface area contributed by atoms with Crippen LogP contribution in [0.4, 0.5) is 0 Å². The number of nitrogens with zero attached hydrogens (tertiary/aromatic N) is 1. The van der Waals surface area contributed by atoms with Crippen LogP contribution in [-0.4, -0.2) is 94.3 Å². The van der Waals surface area contributed by atoms with Crippen LogP contribution in [0, 0.1) is 0 Å². The summed E-state index contributed by atoms with van der Waals surface area (Å²) in [4.78, 5) is 56.8. The van der Waals surface area contributed by atoms with E-state index in [1.54, 1.807) is 58.2 Å². The Balaban J connectivity index is 1.39. The maximum atomic E-state index is 14.8. The fourth-order valence-electron chi connectivity index (χ4n) is 8.33. The minimum Gasteiger partial charge on any atom is -0.508 e. The van der Waals surface area contributed by atoms with Crippen LogP contribution in [-0.2, 0) is 46.2 Å². The summed E-state index contributed by atoms with van der Waals surface area (Å²) in [5.74, 6) is -2.62. The van der Waals surface area contributed by atoms with Crippen molar-refractivity contribution in [1.29, 1.82) is 0 Å². The number of carbonyl (C=O) groups is 4. The number of aliphatic hydroxyl groups excluding tert-OH is 1. The van der Waals surface area contributed by atoms with Gasteiger partial charge in [0.15, 0.2) is 5.79 Å². The molecular weight excluding hydrogens is 825 g/mol. The molecule has 2 amide bonds. The number of carbonyl (C=O) groups excluding carboxylic acids is 4. The fourth-order valence-corrected chi connectivity index (χ4v) is 8.33. The number of para-hydroxylation sites is 1. The van der Waals surface area contributed by atoms with Gasteiger partial charge in [-0.3, -0.25) is 14.4 Å². The lowest BCUT2D eigenvalue weighted by molar-refractivity contribution is -0.190. The molecule has 1 fully saturated rings. The third-order valence-corrected chi connectivity index (χ3v) is 11.9. The largest absolute Gasteiger partial charge is 0.508 e. The van der Waals surface area contributed by atoms with Crippen molar-refractivity contribution in [3.8, 4) is 5.75 Å². The molecule has 1 heterocycles. The highest BCUT2D eigenvalue weighted by atomic mass is 16.8. The van der Waals surface area contributed by atoms with Crippen molar-refractivity contribution in [2.45, 2.75) is 160 Å². The number of rotatable bonds is 23. The standard InChI is InChI=1S/C53H70N2O10/c1-7-9-16-31-53(32-17-10-8-2)63-46-35-41(34-45(48(46)65-53)62-51(61)40-27-25-37(26-28-40)21-18-23-39-22-14-15-24-44(39)57)50(60)55(6)43(33-38-19-12-11-13-20-38)49(59)54-42(36-56)29-30-47(58)64-52(3,4)5/h11-15,18-22,24-28,35,42-43,45-46,48,56-57H,7-10,16-17,23,29-34,36H2,1-6H3,(H,54,59). The van der Waals surface area contributed by atoms with Crippen molar-refractivity contribution in [3.63, 3.8) is 0 Å². The molecule has 5 unspecified atom stereocenters. The third-order valence-electron chi connectivity index (χ3n) is 11.9. The predicted molar refractivity (Wildman–Crippen MR) is 251 cm³/mol. The Morgan fingerprint density at radius 3 is 2.20 bits per heavy atom. The first-order chi connectivity index (χ1) is 31.1. The highest BCUT2D eigenvalue weighted by Gasteiger charge is 2.53. The molecule has 0 radical (unpaired) electrons. The Labute approximate surface area is 385 Å². The number of unbranched alkanes of at least 4 members (excludes halogenated alkanes) is 4. The van der Waals surface area contributed by atoms with E-state index in [9.17, 15) is 29.4 Å². The second kappa shape index (κ2) is 24.3. The molecular formula is C53H70N2O10. The lowest BCUT2D eigenvalue weighted by atomic mass is 9.90. The second-order valence-corrected chi connectivity index (χ2v) is 18.3. The quantitative estimate of drug-likeness (QED) is 0.0620. The summed E-state index contributed by atoms with van der Waals surface area (Å²) in [7, 11) is 1.57. The molecule has 0 aromatic heterocycles. The first-order valence-corrected chi connectivity index (χ1v) is 23.4. The first-order valence-electron chi connectivity index (χ1n) is 23.4. The molecule has 2 aliphatic rings. The van der Waals surface area contributed by atoms with E-state index in [4.69, 9.17) is 18.9 Å². The van der Waals surface area contributed by atoms with Crippen molar-refractivity contribution in [3.05, 3.63) is 119 Å². The average Bonchev–Trinajstić information content (AvgIpc) is 3.65. The average molecular weight is 895 g/mol. The van der Waals surface area contributed by atoms with Gasteiger partial charge in [-0.1, -0.05) is 112 Å². The lowest BCUT2D eigenvalue weighted by Gasteiger charge is -2.34. The number of phenols is 1. The van der Waals surface area contributed by atoms with Crippen LogP contribution in [0.25, 0.3) is 6.08 Å². The SMILES string of the molecule is CCCCCC1(CCCCC)OC2C=C(C(=O)N(C)C(Cc3ccccc3)C(=O)NC(CO)CCC(=O)OC(C)(C)C)CC(OC(=O)c3ccc(C=CCc4ccccc4O)cc3)C2O1. The molecule has 0 bridgehead atoms. The first kappa shape index (κ1) is 50.7. The number of phenolic OH excluding ortho intramolecular Hbond substituents is 1. The number of likely N-dealkylation sites (N-methyl/N-ethyl adjacent to an activating group) is 1. The van der Waals surface area contributed by atoms with Crippen LogP contribution >= 0.6 is 0 Å². The number of aromatic hydroxyl groups is 1. The summed E-state index contributed by atoms with van der Waals surface area (Å²) in [6.07, 6.45) is 11.4. The van der Waals surface area contributed by atoms with E-state index in [1.807, 2.05) is 66.7 Å². The molecule has 1 aliphatic carbocycles. The number of nitrogens with one attached hydrogen (secondary N) is 1. The van der Waals surface area contributed by atoms with Crippen LogP contribution in [0.5, 0.6) is 5.75 Å². The van der Waals surface area contributed by atoms with Gasteiger partial charge < -0.3 is 39.4 Å². The van der Waals surface area contributed by atoms with Gasteiger partial charge in [-0.25, -0.2) is 4.79 Å². The number of hydrogen-bond donors (Lipinski definition) is 3. The van der Waals surface area contributed by atoms with E-state index in [1.165, 1.54) is 4.90 Å². The van der Waals surface area contributed by atoms with Gasteiger partial charge in [0.25, 0.3) is 0 Å². The predicted octanol–water partition coefficient (Wildman–Crippen LogP) is 8.81. The number of amides is 2. The zero-order chi connectivity index (χ0) is 47.0. The highest BCUT2D eigenvalue weighted by Crippen LogP contribution is 2.43. The van der Waals surface area contributed by atoms with Crippen molar-refractivity contribution in [2.24, 2.45) is 0 Å². The summed E-state index contributed by atoms with van der Waals surface area (Å²) in [6.45, 7) is 9.19. The van der Waals surface area contributed by atoms with Gasteiger partial charge in [-0.05, 0) is 87.4 Å². The van der Waals surface area contributed by atoms with Gasteiger partial charge in [-0.2, -0.15) is 0 Å². The fraction of sp³-hybridized carbons (Fsp3) is 0.509. The third kappa shape index (κ3) is 15.1. The molecule has 1 aliphatic heterocycles. The van der Waals surface area contributed by atoms with Crippen LogP contribution in [0.3, 0.4) is 0 Å². The Morgan fingerprint density at radius 1 is 0.908 bits per heavy atom. The van der Waals surface area contributed by atoms with Gasteiger partial charge in [0.05, 0.1) is 18.2 Å². The number of fused-ring (bicyclic) bond motifs is 1. The molecule has 0 saturated carbocycles. The number of esters is 2. The summed E-state index contributed by atoms with van der Waals surface area (Å²) >= 11 is 0. The molecule has 65 heavy (non-hydrogen) atoms. The van der Waals surface area contributed by atoms with Gasteiger partial charge in [0, 0.05) is 44.7 Å².